The Morgan fingerprint density at radius 2 is 2.04 bits per heavy atom. The lowest BCUT2D eigenvalue weighted by atomic mass is 10.3. The number of nitrogens with zero attached hydrogens (tertiary/aromatic N) is 2. The number of anilines is 1. The van der Waals surface area contributed by atoms with E-state index in [0.29, 0.717) is 6.54 Å². The lowest BCUT2D eigenvalue weighted by Gasteiger charge is -2.21. The summed E-state index contributed by atoms with van der Waals surface area (Å²) in [6.07, 6.45) is 0. The number of likely N-dealkylation sites (N-methyl/N-ethyl adjacent to an activating group) is 1. The summed E-state index contributed by atoms with van der Waals surface area (Å²) in [4.78, 5) is 4.49. The van der Waals surface area contributed by atoms with E-state index in [4.69, 9.17) is 11.6 Å². The Morgan fingerprint density at radius 1 is 1.30 bits per heavy atom. The summed E-state index contributed by atoms with van der Waals surface area (Å²) in [5, 5.41) is 2.76. The second-order valence-electron chi connectivity index (χ2n) is 5.89. The zero-order chi connectivity index (χ0) is 16.6. The van der Waals surface area contributed by atoms with E-state index < -0.39 is 15.1 Å². The minimum atomic E-state index is -3.50. The molecule has 1 unspecified atom stereocenters. The van der Waals surface area contributed by atoms with Gasteiger partial charge in [0.2, 0.25) is 0 Å². The van der Waals surface area contributed by atoms with Crippen molar-refractivity contribution in [3.63, 3.8) is 0 Å². The molecule has 1 aliphatic rings. The van der Waals surface area contributed by atoms with E-state index in [0.717, 1.165) is 23.7 Å². The van der Waals surface area contributed by atoms with Crippen LogP contribution in [0.3, 0.4) is 0 Å². The first-order valence-corrected chi connectivity index (χ1v) is 10.2. The summed E-state index contributed by atoms with van der Waals surface area (Å²) < 4.78 is 26.2. The van der Waals surface area contributed by atoms with Gasteiger partial charge in [-0.15, -0.1) is 11.3 Å². The summed E-state index contributed by atoms with van der Waals surface area (Å²) in [6.45, 7) is 2.19. The van der Waals surface area contributed by atoms with Crippen molar-refractivity contribution in [2.24, 2.45) is 0 Å². The van der Waals surface area contributed by atoms with Crippen LogP contribution in [-0.4, -0.2) is 47.0 Å². The van der Waals surface area contributed by atoms with Gasteiger partial charge in [0.25, 0.3) is 0 Å². The SMILES string of the molecule is CN(C)CCN1CC(S(=O)(=O)c2ccccc2Cl)c2ccsc21. The average Bonchev–Trinajstić information content (AvgIpc) is 3.07. The first-order chi connectivity index (χ1) is 10.9. The monoisotopic (exact) mass is 370 g/mol. The highest BCUT2D eigenvalue weighted by Crippen LogP contribution is 2.45. The fraction of sp³-hybridized carbons (Fsp3) is 0.375. The Morgan fingerprint density at radius 3 is 2.74 bits per heavy atom. The first-order valence-electron chi connectivity index (χ1n) is 7.36. The molecule has 23 heavy (non-hydrogen) atoms. The molecule has 0 N–H and O–H groups in total. The van der Waals surface area contributed by atoms with Crippen molar-refractivity contribution in [2.75, 3.05) is 38.6 Å². The maximum absolute atomic E-state index is 13.1. The standard InChI is InChI=1S/C16H19ClN2O2S2/c1-18(2)8-9-19-11-15(12-7-10-22-16(12)19)23(20,21)14-6-4-3-5-13(14)17/h3-7,10,15H,8-9,11H2,1-2H3. The summed E-state index contributed by atoms with van der Waals surface area (Å²) in [5.41, 5.74) is 0.897. The number of benzene rings is 1. The molecule has 2 aromatic rings. The summed E-state index contributed by atoms with van der Waals surface area (Å²) in [6, 6.07) is 8.60. The van der Waals surface area contributed by atoms with E-state index in [1.165, 1.54) is 0 Å². The van der Waals surface area contributed by atoms with E-state index in [1.807, 2.05) is 25.5 Å². The van der Waals surface area contributed by atoms with Crippen molar-refractivity contribution in [3.05, 3.63) is 46.3 Å². The summed E-state index contributed by atoms with van der Waals surface area (Å²) >= 11 is 7.73. The molecule has 0 saturated carbocycles. The number of halogens is 1. The van der Waals surface area contributed by atoms with Gasteiger partial charge in [-0.2, -0.15) is 0 Å². The molecule has 4 nitrogen and oxygen atoms in total. The quantitative estimate of drug-likeness (QED) is 0.809. The molecule has 0 aliphatic carbocycles. The zero-order valence-electron chi connectivity index (χ0n) is 13.1. The molecule has 0 radical (unpaired) electrons. The molecule has 1 aromatic carbocycles. The predicted molar refractivity (Wildman–Crippen MR) is 96.5 cm³/mol. The second kappa shape index (κ2) is 6.43. The summed E-state index contributed by atoms with van der Waals surface area (Å²) in [5.74, 6) is 0. The maximum atomic E-state index is 13.1. The molecule has 1 aliphatic heterocycles. The molecule has 1 aromatic heterocycles. The van der Waals surface area contributed by atoms with Gasteiger partial charge in [-0.25, -0.2) is 8.42 Å². The van der Waals surface area contributed by atoms with Crippen molar-refractivity contribution >= 4 is 37.8 Å². The molecule has 0 amide bonds. The highest BCUT2D eigenvalue weighted by molar-refractivity contribution is 7.91. The lowest BCUT2D eigenvalue weighted by Crippen LogP contribution is -2.31. The molecule has 2 heterocycles. The molecular weight excluding hydrogens is 352 g/mol. The topological polar surface area (TPSA) is 40.6 Å². The van der Waals surface area contributed by atoms with Crippen LogP contribution in [0.15, 0.2) is 40.6 Å². The largest absolute Gasteiger partial charge is 0.360 e. The lowest BCUT2D eigenvalue weighted by molar-refractivity contribution is 0.414. The molecule has 0 fully saturated rings. The fourth-order valence-corrected chi connectivity index (χ4v) is 6.16. The molecular formula is C16H19ClN2O2S2. The fourth-order valence-electron chi connectivity index (χ4n) is 2.80. The van der Waals surface area contributed by atoms with Gasteiger partial charge in [0, 0.05) is 25.2 Å². The van der Waals surface area contributed by atoms with Crippen LogP contribution in [0.4, 0.5) is 5.00 Å². The molecule has 0 saturated heterocycles. The number of thiophene rings is 1. The van der Waals surface area contributed by atoms with Crippen LogP contribution in [0.2, 0.25) is 5.02 Å². The van der Waals surface area contributed by atoms with Gasteiger partial charge in [0.15, 0.2) is 9.84 Å². The Bertz CT molecular complexity index is 802. The van der Waals surface area contributed by atoms with E-state index in [2.05, 4.69) is 9.80 Å². The van der Waals surface area contributed by atoms with Gasteiger partial charge in [-0.1, -0.05) is 23.7 Å². The molecule has 124 valence electrons. The van der Waals surface area contributed by atoms with Crippen molar-refractivity contribution in [1.82, 2.24) is 4.90 Å². The number of sulfone groups is 1. The predicted octanol–water partition coefficient (Wildman–Crippen LogP) is 3.30. The van der Waals surface area contributed by atoms with E-state index in [-0.39, 0.29) is 9.92 Å². The van der Waals surface area contributed by atoms with Crippen molar-refractivity contribution < 1.29 is 8.42 Å². The minimum absolute atomic E-state index is 0.221. The normalized spacial score (nSPS) is 17.7. The molecule has 3 rings (SSSR count). The number of hydrogen-bond acceptors (Lipinski definition) is 5. The third-order valence-corrected chi connectivity index (χ3v) is 7.58. The number of hydrogen-bond donors (Lipinski definition) is 0. The molecule has 1 atom stereocenters. The zero-order valence-corrected chi connectivity index (χ0v) is 15.5. The van der Waals surface area contributed by atoms with Crippen LogP contribution in [0.5, 0.6) is 0 Å². The van der Waals surface area contributed by atoms with Crippen molar-refractivity contribution in [2.45, 2.75) is 10.1 Å². The van der Waals surface area contributed by atoms with Gasteiger partial charge in [-0.05, 0) is 37.7 Å². The van der Waals surface area contributed by atoms with Crippen LogP contribution in [0.1, 0.15) is 10.8 Å². The van der Waals surface area contributed by atoms with Crippen LogP contribution in [0.25, 0.3) is 0 Å². The van der Waals surface area contributed by atoms with Gasteiger partial charge in [0.05, 0.1) is 14.9 Å². The highest BCUT2D eigenvalue weighted by atomic mass is 35.5. The number of rotatable bonds is 5. The van der Waals surface area contributed by atoms with Gasteiger partial charge in [0.1, 0.15) is 5.25 Å². The Labute approximate surface area is 146 Å². The Kier molecular flexibility index (Phi) is 4.69. The molecule has 7 heteroatoms. The van der Waals surface area contributed by atoms with E-state index in [1.54, 1.807) is 35.6 Å². The third-order valence-electron chi connectivity index (χ3n) is 4.03. The maximum Gasteiger partial charge on any atom is 0.188 e. The smallest absolute Gasteiger partial charge is 0.188 e. The van der Waals surface area contributed by atoms with Crippen LogP contribution in [-0.2, 0) is 9.84 Å². The molecule has 0 spiro atoms. The summed E-state index contributed by atoms with van der Waals surface area (Å²) in [7, 11) is 0.530. The second-order valence-corrected chi connectivity index (χ2v) is 9.30. The van der Waals surface area contributed by atoms with Crippen LogP contribution in [0, 0.1) is 0 Å². The van der Waals surface area contributed by atoms with Gasteiger partial charge < -0.3 is 9.80 Å². The average molecular weight is 371 g/mol. The van der Waals surface area contributed by atoms with Crippen LogP contribution >= 0.6 is 22.9 Å². The Hall–Kier alpha value is -1.08. The van der Waals surface area contributed by atoms with Crippen LogP contribution < -0.4 is 4.90 Å². The molecule has 0 bridgehead atoms. The third kappa shape index (κ3) is 3.13. The van der Waals surface area contributed by atoms with Gasteiger partial charge in [-0.3, -0.25) is 0 Å². The Balaban J connectivity index is 1.94. The van der Waals surface area contributed by atoms with Crippen molar-refractivity contribution in [3.8, 4) is 0 Å². The highest BCUT2D eigenvalue weighted by Gasteiger charge is 2.40. The first kappa shape index (κ1) is 16.8. The van der Waals surface area contributed by atoms with Gasteiger partial charge >= 0.3 is 0 Å². The van der Waals surface area contributed by atoms with Crippen molar-refractivity contribution in [1.29, 1.82) is 0 Å². The van der Waals surface area contributed by atoms with E-state index in [9.17, 15) is 8.42 Å². The number of fused-ring (bicyclic) bond motifs is 1. The minimum Gasteiger partial charge on any atom is -0.360 e. The van der Waals surface area contributed by atoms with E-state index >= 15 is 0 Å².